The van der Waals surface area contributed by atoms with Gasteiger partial charge in [-0.05, 0) is 12.1 Å². The molecule has 0 bridgehead atoms. The van der Waals surface area contributed by atoms with Crippen LogP contribution < -0.4 is 10.2 Å². The Labute approximate surface area is 124 Å². The van der Waals surface area contributed by atoms with Gasteiger partial charge >= 0.3 is 4.87 Å². The van der Waals surface area contributed by atoms with Crippen LogP contribution in [0.25, 0.3) is 0 Å². The molecular weight excluding hydrogens is 290 g/mol. The van der Waals surface area contributed by atoms with Gasteiger partial charge in [-0.2, -0.15) is 0 Å². The van der Waals surface area contributed by atoms with Crippen molar-refractivity contribution in [3.05, 3.63) is 50.3 Å². The Morgan fingerprint density at radius 3 is 2.95 bits per heavy atom. The molecule has 1 amide bonds. The van der Waals surface area contributed by atoms with Crippen LogP contribution in [0.15, 0.2) is 28.5 Å². The van der Waals surface area contributed by atoms with E-state index in [2.05, 4.69) is 27.1 Å². The van der Waals surface area contributed by atoms with Crippen LogP contribution in [-0.2, 0) is 6.54 Å². The third-order valence-corrected chi connectivity index (χ3v) is 3.19. The Morgan fingerprint density at radius 2 is 2.33 bits per heavy atom. The highest BCUT2D eigenvalue weighted by Gasteiger charge is 2.07. The van der Waals surface area contributed by atoms with E-state index < -0.39 is 0 Å². The van der Waals surface area contributed by atoms with Crippen molar-refractivity contribution in [1.82, 2.24) is 15.3 Å². The number of aliphatic hydroxyl groups is 1. The van der Waals surface area contributed by atoms with Crippen molar-refractivity contribution in [2.45, 2.75) is 13.0 Å². The number of rotatable bonds is 4. The summed E-state index contributed by atoms with van der Waals surface area (Å²) in [5.74, 6) is 5.28. The van der Waals surface area contributed by atoms with Crippen molar-refractivity contribution in [3.8, 4) is 11.8 Å². The van der Waals surface area contributed by atoms with Crippen molar-refractivity contribution >= 4 is 17.2 Å². The van der Waals surface area contributed by atoms with Gasteiger partial charge in [-0.25, -0.2) is 4.98 Å². The molecule has 2 aromatic heterocycles. The van der Waals surface area contributed by atoms with Gasteiger partial charge in [0.1, 0.15) is 5.69 Å². The monoisotopic (exact) mass is 303 g/mol. The van der Waals surface area contributed by atoms with E-state index in [1.165, 1.54) is 6.20 Å². The predicted octanol–water partition coefficient (Wildman–Crippen LogP) is 0.495. The fourth-order valence-corrected chi connectivity index (χ4v) is 2.07. The second kappa shape index (κ2) is 7.38. The molecule has 3 N–H and O–H groups in total. The Bertz CT molecular complexity index is 722. The van der Waals surface area contributed by atoms with Gasteiger partial charge in [0, 0.05) is 29.3 Å². The average molecular weight is 303 g/mol. The minimum atomic E-state index is -0.322. The SMILES string of the molecule is O=C(NCc1csc(=O)[nH]1)c1ccc(C#CCCO)cn1. The molecule has 0 atom stereocenters. The van der Waals surface area contributed by atoms with Crippen LogP contribution in [0.2, 0.25) is 0 Å². The predicted molar refractivity (Wildman–Crippen MR) is 78.9 cm³/mol. The van der Waals surface area contributed by atoms with Crippen molar-refractivity contribution in [1.29, 1.82) is 0 Å². The molecule has 6 nitrogen and oxygen atoms in total. The smallest absolute Gasteiger partial charge is 0.304 e. The molecule has 0 spiro atoms. The van der Waals surface area contributed by atoms with Gasteiger partial charge in [0.05, 0.1) is 13.2 Å². The van der Waals surface area contributed by atoms with E-state index in [1.54, 1.807) is 17.5 Å². The highest BCUT2D eigenvalue weighted by molar-refractivity contribution is 7.07. The molecule has 0 aliphatic carbocycles. The number of hydrogen-bond acceptors (Lipinski definition) is 5. The first-order chi connectivity index (χ1) is 10.2. The maximum atomic E-state index is 11.9. The number of hydrogen-bond donors (Lipinski definition) is 3. The molecule has 108 valence electrons. The summed E-state index contributed by atoms with van der Waals surface area (Å²) in [5.41, 5.74) is 1.62. The first kappa shape index (κ1) is 15.0. The lowest BCUT2D eigenvalue weighted by atomic mass is 10.2. The first-order valence-electron chi connectivity index (χ1n) is 6.19. The molecule has 0 fully saturated rings. The maximum Gasteiger partial charge on any atom is 0.304 e. The van der Waals surface area contributed by atoms with Crippen molar-refractivity contribution < 1.29 is 9.90 Å². The van der Waals surface area contributed by atoms with E-state index >= 15 is 0 Å². The number of carbonyl (C=O) groups is 1. The second-order valence-electron chi connectivity index (χ2n) is 4.06. The van der Waals surface area contributed by atoms with Gasteiger partial charge in [-0.3, -0.25) is 9.59 Å². The van der Waals surface area contributed by atoms with E-state index in [0.29, 0.717) is 17.7 Å². The summed E-state index contributed by atoms with van der Waals surface area (Å²) in [4.78, 5) is 29.3. The number of aromatic nitrogens is 2. The first-order valence-corrected chi connectivity index (χ1v) is 7.07. The van der Waals surface area contributed by atoms with E-state index in [4.69, 9.17) is 5.11 Å². The zero-order valence-corrected chi connectivity index (χ0v) is 11.9. The maximum absolute atomic E-state index is 11.9. The molecule has 0 aliphatic rings. The fourth-order valence-electron chi connectivity index (χ4n) is 1.49. The summed E-state index contributed by atoms with van der Waals surface area (Å²) >= 11 is 1.05. The van der Waals surface area contributed by atoms with Crippen molar-refractivity contribution in [2.75, 3.05) is 6.61 Å². The molecule has 0 radical (unpaired) electrons. The molecular formula is C14H13N3O3S. The number of amides is 1. The lowest BCUT2D eigenvalue weighted by Crippen LogP contribution is -2.24. The van der Waals surface area contributed by atoms with Crippen LogP contribution in [0.4, 0.5) is 0 Å². The Kier molecular flexibility index (Phi) is 5.26. The minimum absolute atomic E-state index is 0.0194. The number of H-pyrrole nitrogens is 1. The lowest BCUT2D eigenvalue weighted by Gasteiger charge is -2.02. The molecule has 21 heavy (non-hydrogen) atoms. The lowest BCUT2D eigenvalue weighted by molar-refractivity contribution is 0.0945. The number of nitrogens with zero attached hydrogens (tertiary/aromatic N) is 1. The molecule has 2 heterocycles. The van der Waals surface area contributed by atoms with Crippen molar-refractivity contribution in [2.24, 2.45) is 0 Å². The van der Waals surface area contributed by atoms with E-state index in [-0.39, 0.29) is 29.6 Å². The molecule has 0 saturated heterocycles. The van der Waals surface area contributed by atoms with Gasteiger partial charge in [0.15, 0.2) is 0 Å². The number of carbonyl (C=O) groups excluding carboxylic acids is 1. The molecule has 0 unspecified atom stereocenters. The van der Waals surface area contributed by atoms with Crippen LogP contribution in [0.1, 0.15) is 28.2 Å². The zero-order chi connectivity index (χ0) is 15.1. The number of aliphatic hydroxyl groups excluding tert-OH is 1. The molecule has 0 saturated carbocycles. The third-order valence-electron chi connectivity index (χ3n) is 2.48. The highest BCUT2D eigenvalue weighted by Crippen LogP contribution is 2.00. The highest BCUT2D eigenvalue weighted by atomic mass is 32.1. The average Bonchev–Trinajstić information content (AvgIpc) is 2.91. The normalized spacial score (nSPS) is 9.76. The van der Waals surface area contributed by atoms with E-state index in [1.807, 2.05) is 0 Å². The second-order valence-corrected chi connectivity index (χ2v) is 4.91. The minimum Gasteiger partial charge on any atom is -0.395 e. The van der Waals surface area contributed by atoms with Gasteiger partial charge in [0.2, 0.25) is 0 Å². The Morgan fingerprint density at radius 1 is 1.48 bits per heavy atom. The molecule has 2 rings (SSSR count). The third kappa shape index (κ3) is 4.56. The van der Waals surface area contributed by atoms with Crippen LogP contribution in [-0.4, -0.2) is 27.6 Å². The molecule has 7 heteroatoms. The van der Waals surface area contributed by atoms with E-state index in [0.717, 1.165) is 11.3 Å². The number of thiazole rings is 1. The number of nitrogens with one attached hydrogen (secondary N) is 2. The number of pyridine rings is 1. The quantitative estimate of drug-likeness (QED) is 0.717. The Hall–Kier alpha value is -2.43. The zero-order valence-electron chi connectivity index (χ0n) is 11.0. The largest absolute Gasteiger partial charge is 0.395 e. The summed E-state index contributed by atoms with van der Waals surface area (Å²) in [5, 5.41) is 13.0. The fraction of sp³-hybridized carbons (Fsp3) is 0.214. The van der Waals surface area contributed by atoms with Gasteiger partial charge in [0.25, 0.3) is 5.91 Å². The summed E-state index contributed by atoms with van der Waals surface area (Å²) in [6.07, 6.45) is 1.91. The summed E-state index contributed by atoms with van der Waals surface area (Å²) in [6.45, 7) is 0.267. The summed E-state index contributed by atoms with van der Waals surface area (Å²) < 4.78 is 0. The Balaban J connectivity index is 1.93. The molecule has 0 aliphatic heterocycles. The van der Waals surface area contributed by atoms with Crippen LogP contribution in [0, 0.1) is 11.8 Å². The van der Waals surface area contributed by atoms with E-state index in [9.17, 15) is 9.59 Å². The van der Waals surface area contributed by atoms with Crippen molar-refractivity contribution in [3.63, 3.8) is 0 Å². The van der Waals surface area contributed by atoms with Crippen LogP contribution in [0.3, 0.4) is 0 Å². The standard InChI is InChI=1S/C14H13N3O3S/c18-6-2-1-3-10-4-5-12(15-7-10)13(19)16-8-11-9-21-14(20)17-11/h4-5,7,9,18H,2,6,8H2,(H,16,19)(H,17,20). The van der Waals surface area contributed by atoms with Gasteiger partial charge in [-0.1, -0.05) is 23.2 Å². The molecule has 2 aromatic rings. The number of aromatic amines is 1. The van der Waals surface area contributed by atoms with Crippen LogP contribution >= 0.6 is 11.3 Å². The summed E-state index contributed by atoms with van der Waals surface area (Å²) in [7, 11) is 0. The van der Waals surface area contributed by atoms with Gasteiger partial charge in [-0.15, -0.1) is 0 Å². The van der Waals surface area contributed by atoms with Crippen LogP contribution in [0.5, 0.6) is 0 Å². The molecule has 0 aromatic carbocycles. The summed E-state index contributed by atoms with van der Waals surface area (Å²) in [6, 6.07) is 3.27. The van der Waals surface area contributed by atoms with Gasteiger partial charge < -0.3 is 15.4 Å². The topological polar surface area (TPSA) is 95.1 Å².